The number of nitrogens with zero attached hydrogens (tertiary/aromatic N) is 5. The van der Waals surface area contributed by atoms with Crippen molar-refractivity contribution >= 4 is 34.6 Å². The topological polar surface area (TPSA) is 85.5 Å². The van der Waals surface area contributed by atoms with Gasteiger partial charge in [0.2, 0.25) is 5.75 Å². The number of benzene rings is 4. The summed E-state index contributed by atoms with van der Waals surface area (Å²) in [5, 5.41) is 8.60. The maximum atomic E-state index is 5.81. The molecule has 44 heavy (non-hydrogen) atoms. The third-order valence-electron chi connectivity index (χ3n) is 7.92. The molecule has 1 atom stereocenters. The Kier molecular flexibility index (Phi) is 6.77. The molecule has 9 heteroatoms. The number of rotatable bonds is 6. The normalized spacial score (nSPS) is 14.9. The number of anilines is 2. The van der Waals surface area contributed by atoms with E-state index in [-0.39, 0.29) is 6.04 Å². The Bertz CT molecular complexity index is 1920. The molecule has 4 aromatic carbocycles. The molecule has 0 radical (unpaired) electrons. The number of hydrogen-bond acceptors (Lipinski definition) is 8. The molecule has 5 aromatic rings. The lowest BCUT2D eigenvalue weighted by Crippen LogP contribution is -2.46. The van der Waals surface area contributed by atoms with E-state index in [1.807, 2.05) is 84.4 Å². The van der Waals surface area contributed by atoms with Gasteiger partial charge in [-0.3, -0.25) is 0 Å². The molecule has 1 N–H and O–H groups in total. The molecule has 0 saturated heterocycles. The highest BCUT2D eigenvalue weighted by Crippen LogP contribution is 2.50. The number of aryl methyl sites for hydroxylation is 2. The summed E-state index contributed by atoms with van der Waals surface area (Å²) >= 11 is 0. The largest absolute Gasteiger partial charge is 0.493 e. The minimum Gasteiger partial charge on any atom is -0.493 e. The van der Waals surface area contributed by atoms with E-state index in [4.69, 9.17) is 29.3 Å². The minimum absolute atomic E-state index is 0.352. The number of ether oxygens (including phenoxy) is 3. The smallest absolute Gasteiger partial charge is 0.203 e. The van der Waals surface area contributed by atoms with Crippen LogP contribution in [-0.4, -0.2) is 42.8 Å². The van der Waals surface area contributed by atoms with Gasteiger partial charge in [-0.2, -0.15) is 5.10 Å². The van der Waals surface area contributed by atoms with Crippen LogP contribution >= 0.6 is 0 Å². The average molecular weight is 585 g/mol. The minimum atomic E-state index is -0.352. The van der Waals surface area contributed by atoms with Crippen LogP contribution in [0.25, 0.3) is 5.69 Å². The molecule has 9 nitrogen and oxygen atoms in total. The van der Waals surface area contributed by atoms with Crippen molar-refractivity contribution in [3.05, 3.63) is 113 Å². The van der Waals surface area contributed by atoms with Gasteiger partial charge in [0.05, 0.1) is 50.1 Å². The summed E-state index contributed by atoms with van der Waals surface area (Å²) in [6, 6.07) is 30.0. The number of methoxy groups -OCH3 is 3. The Hall–Kier alpha value is -5.57. The van der Waals surface area contributed by atoms with Crippen LogP contribution in [0.5, 0.6) is 17.2 Å². The number of nitrogens with one attached hydrogen (secondary N) is 1. The van der Waals surface area contributed by atoms with Crippen LogP contribution in [-0.2, 0) is 0 Å². The first-order valence-electron chi connectivity index (χ1n) is 14.3. The predicted octanol–water partition coefficient (Wildman–Crippen LogP) is 7.31. The molecular weight excluding hydrogens is 552 g/mol. The van der Waals surface area contributed by atoms with Crippen LogP contribution in [0, 0.1) is 13.8 Å². The van der Waals surface area contributed by atoms with Crippen LogP contribution in [0.4, 0.5) is 22.9 Å². The summed E-state index contributed by atoms with van der Waals surface area (Å²) < 4.78 is 19.2. The van der Waals surface area contributed by atoms with Crippen molar-refractivity contribution < 1.29 is 14.2 Å². The molecule has 1 aromatic heterocycles. The third kappa shape index (κ3) is 4.44. The van der Waals surface area contributed by atoms with E-state index in [1.165, 1.54) is 0 Å². The quantitative estimate of drug-likeness (QED) is 0.225. The molecule has 0 aliphatic carbocycles. The van der Waals surface area contributed by atoms with Gasteiger partial charge in [-0.05, 0) is 73.5 Å². The zero-order chi connectivity index (χ0) is 30.4. The number of para-hydroxylation sites is 3. The number of hydrogen-bond donors (Lipinski definition) is 1. The molecule has 0 bridgehead atoms. The lowest BCUT2D eigenvalue weighted by Gasteiger charge is -2.40. The second-order valence-electron chi connectivity index (χ2n) is 10.7. The highest BCUT2D eigenvalue weighted by Gasteiger charge is 2.42. The van der Waals surface area contributed by atoms with E-state index in [0.717, 1.165) is 51.0 Å². The Morgan fingerprint density at radius 2 is 1.48 bits per heavy atom. The molecule has 2 aliphatic heterocycles. The Morgan fingerprint density at radius 1 is 0.750 bits per heavy atom. The van der Waals surface area contributed by atoms with Crippen molar-refractivity contribution in [1.29, 1.82) is 0 Å². The van der Waals surface area contributed by atoms with E-state index in [2.05, 4.69) is 35.3 Å². The highest BCUT2D eigenvalue weighted by molar-refractivity contribution is 6.51. The van der Waals surface area contributed by atoms with E-state index in [1.54, 1.807) is 21.3 Å². The predicted molar refractivity (Wildman–Crippen MR) is 174 cm³/mol. The van der Waals surface area contributed by atoms with Gasteiger partial charge in [0.1, 0.15) is 0 Å². The van der Waals surface area contributed by atoms with Crippen molar-refractivity contribution in [2.45, 2.75) is 19.9 Å². The molecular formula is C35H32N6O3. The van der Waals surface area contributed by atoms with Gasteiger partial charge in [-0.25, -0.2) is 14.7 Å². The fourth-order valence-electron chi connectivity index (χ4n) is 5.98. The van der Waals surface area contributed by atoms with Gasteiger partial charge in [0, 0.05) is 11.3 Å². The zero-order valence-electron chi connectivity index (χ0n) is 25.2. The lowest BCUT2D eigenvalue weighted by atomic mass is 9.92. The molecule has 7 rings (SSSR count). The second-order valence-corrected chi connectivity index (χ2v) is 10.7. The summed E-state index contributed by atoms with van der Waals surface area (Å²) in [7, 11) is 4.87. The molecule has 0 amide bonds. The summed E-state index contributed by atoms with van der Waals surface area (Å²) in [5.41, 5.74) is 7.50. The molecule has 220 valence electrons. The van der Waals surface area contributed by atoms with Gasteiger partial charge >= 0.3 is 0 Å². The third-order valence-corrected chi connectivity index (χ3v) is 7.92. The van der Waals surface area contributed by atoms with Gasteiger partial charge < -0.3 is 24.4 Å². The van der Waals surface area contributed by atoms with Crippen molar-refractivity contribution in [3.63, 3.8) is 0 Å². The van der Waals surface area contributed by atoms with E-state index in [0.29, 0.717) is 28.9 Å². The molecule has 0 fully saturated rings. The molecule has 0 spiro atoms. The fourth-order valence-corrected chi connectivity index (χ4v) is 5.98. The van der Waals surface area contributed by atoms with Crippen LogP contribution < -0.4 is 24.4 Å². The first-order chi connectivity index (χ1) is 21.5. The highest BCUT2D eigenvalue weighted by atomic mass is 16.5. The number of amidine groups is 2. The van der Waals surface area contributed by atoms with Crippen molar-refractivity contribution in [2.24, 2.45) is 9.98 Å². The zero-order valence-corrected chi connectivity index (χ0v) is 25.2. The van der Waals surface area contributed by atoms with Gasteiger partial charge in [-0.15, -0.1) is 0 Å². The van der Waals surface area contributed by atoms with Crippen molar-refractivity contribution in [3.8, 4) is 22.9 Å². The Labute approximate surface area is 256 Å². The Morgan fingerprint density at radius 3 is 2.18 bits per heavy atom. The summed E-state index contributed by atoms with van der Waals surface area (Å²) in [4.78, 5) is 12.6. The summed E-state index contributed by atoms with van der Waals surface area (Å²) in [6.45, 7) is 4.10. The first kappa shape index (κ1) is 27.3. The van der Waals surface area contributed by atoms with Crippen LogP contribution in [0.3, 0.4) is 0 Å². The van der Waals surface area contributed by atoms with Gasteiger partial charge in [-0.1, -0.05) is 42.5 Å². The van der Waals surface area contributed by atoms with Crippen LogP contribution in [0.1, 0.15) is 28.4 Å². The summed E-state index contributed by atoms with van der Waals surface area (Å²) in [6.07, 6.45) is 0. The van der Waals surface area contributed by atoms with E-state index < -0.39 is 0 Å². The summed E-state index contributed by atoms with van der Waals surface area (Å²) in [5.74, 6) is 3.71. The molecule has 3 heterocycles. The maximum absolute atomic E-state index is 5.81. The molecule has 0 saturated carbocycles. The van der Waals surface area contributed by atoms with E-state index in [9.17, 15) is 0 Å². The molecule has 2 aliphatic rings. The average Bonchev–Trinajstić information content (AvgIpc) is 3.39. The number of aromatic nitrogens is 2. The second kappa shape index (κ2) is 10.9. The molecule has 1 unspecified atom stereocenters. The Balaban J connectivity index is 1.52. The fraction of sp³-hybridized carbons (Fsp3) is 0.171. The number of aliphatic imine (C=N–C) groups is 2. The standard InChI is InChI=1S/C35H32N6O3/c1-21-12-11-13-24(18-21)36-33-35-38-34-30(22(2)39-41(34)25-14-7-6-8-15-25)31(40(35)27-17-10-9-16-26(27)37-33)23-19-28(42-3)32(44-5)29(20-23)43-4/h6-20,31H,1-5H3,(H,36,37). The van der Waals surface area contributed by atoms with Crippen LogP contribution in [0.15, 0.2) is 101 Å². The van der Waals surface area contributed by atoms with E-state index >= 15 is 0 Å². The first-order valence-corrected chi connectivity index (χ1v) is 14.3. The SMILES string of the molecule is COc1cc(C2c3c(C)nn(-c4ccccc4)c3N=C3C(Nc4cccc(C)c4)=Nc4ccccc4N32)cc(OC)c1OC. The van der Waals surface area contributed by atoms with Crippen molar-refractivity contribution in [1.82, 2.24) is 9.78 Å². The van der Waals surface area contributed by atoms with Crippen LogP contribution in [0.2, 0.25) is 0 Å². The lowest BCUT2D eigenvalue weighted by molar-refractivity contribution is 0.323. The van der Waals surface area contributed by atoms with Gasteiger partial charge in [0.15, 0.2) is 29.0 Å². The van der Waals surface area contributed by atoms with Gasteiger partial charge in [0.25, 0.3) is 0 Å². The monoisotopic (exact) mass is 584 g/mol. The maximum Gasteiger partial charge on any atom is 0.203 e. The van der Waals surface area contributed by atoms with Crippen molar-refractivity contribution in [2.75, 3.05) is 31.5 Å². The number of fused-ring (bicyclic) bond motifs is 4.